The molecule has 86 valence electrons. The quantitative estimate of drug-likeness (QED) is 0.575. The van der Waals surface area contributed by atoms with Crippen LogP contribution < -0.4 is 0 Å². The first-order valence-electron chi connectivity index (χ1n) is 5.43. The summed E-state index contributed by atoms with van der Waals surface area (Å²) in [7, 11) is 0. The predicted octanol–water partition coefficient (Wildman–Crippen LogP) is 2.05. The van der Waals surface area contributed by atoms with Gasteiger partial charge in [-0.3, -0.25) is 4.79 Å². The molecule has 0 aromatic rings. The Balaban J connectivity index is 2.50. The molecule has 0 fully saturated rings. The summed E-state index contributed by atoms with van der Waals surface area (Å²) in [6, 6.07) is 0. The van der Waals surface area contributed by atoms with E-state index in [-0.39, 0.29) is 18.5 Å². The smallest absolute Gasteiger partial charge is 0.302 e. The van der Waals surface area contributed by atoms with E-state index in [4.69, 9.17) is 4.74 Å². The molecule has 0 saturated carbocycles. The fourth-order valence-corrected chi connectivity index (χ4v) is 1.90. The van der Waals surface area contributed by atoms with Gasteiger partial charge in [0.15, 0.2) is 0 Å². The fourth-order valence-electron chi connectivity index (χ4n) is 1.90. The molecule has 15 heavy (non-hydrogen) atoms. The maximum Gasteiger partial charge on any atom is 0.302 e. The molecule has 1 rings (SSSR count). The average Bonchev–Trinajstić information content (AvgIpc) is 2.16. The molecule has 0 aliphatic heterocycles. The first kappa shape index (κ1) is 12.2. The first-order chi connectivity index (χ1) is 6.92. The van der Waals surface area contributed by atoms with Gasteiger partial charge in [0, 0.05) is 6.92 Å². The van der Waals surface area contributed by atoms with Gasteiger partial charge in [-0.15, -0.1) is 0 Å². The summed E-state index contributed by atoms with van der Waals surface area (Å²) < 4.78 is 4.88. The molecule has 1 aliphatic rings. The number of hydrogen-bond acceptors (Lipinski definition) is 3. The highest BCUT2D eigenvalue weighted by atomic mass is 16.5. The lowest BCUT2D eigenvalue weighted by atomic mass is 9.79. The van der Waals surface area contributed by atoms with Crippen molar-refractivity contribution in [1.29, 1.82) is 0 Å². The van der Waals surface area contributed by atoms with Gasteiger partial charge in [-0.05, 0) is 39.0 Å². The second-order valence-corrected chi connectivity index (χ2v) is 4.66. The third kappa shape index (κ3) is 3.67. The summed E-state index contributed by atoms with van der Waals surface area (Å²) in [5, 5.41) is 10.2. The van der Waals surface area contributed by atoms with Crippen molar-refractivity contribution in [3.05, 3.63) is 11.6 Å². The number of rotatable bonds is 3. The molecule has 0 heterocycles. The Morgan fingerprint density at radius 1 is 1.73 bits per heavy atom. The zero-order valence-corrected chi connectivity index (χ0v) is 9.75. The van der Waals surface area contributed by atoms with Gasteiger partial charge >= 0.3 is 5.97 Å². The third-order valence-corrected chi connectivity index (χ3v) is 3.09. The molecule has 1 aliphatic carbocycles. The van der Waals surface area contributed by atoms with Crippen LogP contribution in [0.15, 0.2) is 11.6 Å². The van der Waals surface area contributed by atoms with Crippen LogP contribution in [0.3, 0.4) is 0 Å². The zero-order valence-electron chi connectivity index (χ0n) is 9.75. The van der Waals surface area contributed by atoms with Gasteiger partial charge in [0.05, 0.1) is 5.60 Å². The predicted molar refractivity (Wildman–Crippen MR) is 58.4 cm³/mol. The standard InChI is InChI=1S/C12H20O3/c1-9-4-6-11(7-5-9)12(3,14)8-15-10(2)13/h4,11,14H,5-8H2,1-3H3. The second kappa shape index (κ2) is 4.79. The van der Waals surface area contributed by atoms with Crippen LogP contribution in [0.25, 0.3) is 0 Å². The first-order valence-corrected chi connectivity index (χ1v) is 5.43. The van der Waals surface area contributed by atoms with Crippen LogP contribution in [0, 0.1) is 5.92 Å². The number of carbonyl (C=O) groups is 1. The number of esters is 1. The lowest BCUT2D eigenvalue weighted by Gasteiger charge is -2.34. The number of carbonyl (C=O) groups excluding carboxylic acids is 1. The van der Waals surface area contributed by atoms with Gasteiger partial charge in [0.1, 0.15) is 6.61 Å². The van der Waals surface area contributed by atoms with Crippen LogP contribution in [0.5, 0.6) is 0 Å². The van der Waals surface area contributed by atoms with Gasteiger partial charge in [-0.1, -0.05) is 11.6 Å². The Bertz CT molecular complexity index is 266. The van der Waals surface area contributed by atoms with E-state index in [1.165, 1.54) is 12.5 Å². The molecule has 3 nitrogen and oxygen atoms in total. The molecule has 0 spiro atoms. The van der Waals surface area contributed by atoms with Crippen LogP contribution in [0.2, 0.25) is 0 Å². The highest BCUT2D eigenvalue weighted by Gasteiger charge is 2.33. The van der Waals surface area contributed by atoms with E-state index in [1.807, 2.05) is 0 Å². The number of hydrogen-bond donors (Lipinski definition) is 1. The highest BCUT2D eigenvalue weighted by Crippen LogP contribution is 2.32. The maximum absolute atomic E-state index is 10.7. The minimum Gasteiger partial charge on any atom is -0.463 e. The Hall–Kier alpha value is -0.830. The molecule has 0 aromatic carbocycles. The van der Waals surface area contributed by atoms with Gasteiger partial charge in [-0.2, -0.15) is 0 Å². The summed E-state index contributed by atoms with van der Waals surface area (Å²) in [5.74, 6) is -0.140. The van der Waals surface area contributed by atoms with E-state index in [0.29, 0.717) is 0 Å². The van der Waals surface area contributed by atoms with Gasteiger partial charge in [0.25, 0.3) is 0 Å². The molecule has 0 radical (unpaired) electrons. The van der Waals surface area contributed by atoms with Gasteiger partial charge in [0.2, 0.25) is 0 Å². The SMILES string of the molecule is CC(=O)OCC(C)(O)C1CC=C(C)CC1. The van der Waals surface area contributed by atoms with E-state index in [0.717, 1.165) is 19.3 Å². The molecule has 0 bridgehead atoms. The number of allylic oxidation sites excluding steroid dienone is 2. The van der Waals surface area contributed by atoms with Crippen LogP contribution in [0.1, 0.15) is 40.0 Å². The summed E-state index contributed by atoms with van der Waals surface area (Å²) >= 11 is 0. The molecule has 2 atom stereocenters. The van der Waals surface area contributed by atoms with E-state index in [2.05, 4.69) is 13.0 Å². The van der Waals surface area contributed by atoms with Crippen molar-refractivity contribution >= 4 is 5.97 Å². The molecular formula is C12H20O3. The van der Waals surface area contributed by atoms with Crippen LogP contribution in [0.4, 0.5) is 0 Å². The number of aliphatic hydroxyl groups is 1. The molecular weight excluding hydrogens is 192 g/mol. The number of ether oxygens (including phenoxy) is 1. The maximum atomic E-state index is 10.7. The summed E-state index contributed by atoms with van der Waals surface area (Å²) in [6.07, 6.45) is 5.04. The van der Waals surface area contributed by atoms with Crippen molar-refractivity contribution in [2.24, 2.45) is 5.92 Å². The third-order valence-electron chi connectivity index (χ3n) is 3.09. The van der Waals surface area contributed by atoms with Crippen molar-refractivity contribution in [3.63, 3.8) is 0 Å². The Kier molecular flexibility index (Phi) is 3.91. The largest absolute Gasteiger partial charge is 0.463 e. The Morgan fingerprint density at radius 2 is 2.40 bits per heavy atom. The molecule has 3 heteroatoms. The van der Waals surface area contributed by atoms with Crippen LogP contribution >= 0.6 is 0 Å². The highest BCUT2D eigenvalue weighted by molar-refractivity contribution is 5.65. The topological polar surface area (TPSA) is 46.5 Å². The van der Waals surface area contributed by atoms with E-state index in [1.54, 1.807) is 6.92 Å². The normalized spacial score (nSPS) is 25.3. The molecule has 1 N–H and O–H groups in total. The molecule has 0 aromatic heterocycles. The fraction of sp³-hybridized carbons (Fsp3) is 0.750. The average molecular weight is 212 g/mol. The summed E-state index contributed by atoms with van der Waals surface area (Å²) in [5.41, 5.74) is 0.484. The van der Waals surface area contributed by atoms with Gasteiger partial charge in [-0.25, -0.2) is 0 Å². The van der Waals surface area contributed by atoms with Crippen molar-refractivity contribution in [1.82, 2.24) is 0 Å². The minimum absolute atomic E-state index is 0.0971. The van der Waals surface area contributed by atoms with Crippen molar-refractivity contribution in [2.75, 3.05) is 6.61 Å². The minimum atomic E-state index is -0.900. The van der Waals surface area contributed by atoms with Gasteiger partial charge < -0.3 is 9.84 Å². The zero-order chi connectivity index (χ0) is 11.5. The molecule has 0 saturated heterocycles. The Labute approximate surface area is 91.1 Å². The van der Waals surface area contributed by atoms with Crippen molar-refractivity contribution in [3.8, 4) is 0 Å². The lowest BCUT2D eigenvalue weighted by molar-refractivity contribution is -0.151. The molecule has 2 unspecified atom stereocenters. The van der Waals surface area contributed by atoms with E-state index in [9.17, 15) is 9.90 Å². The van der Waals surface area contributed by atoms with E-state index >= 15 is 0 Å². The second-order valence-electron chi connectivity index (χ2n) is 4.66. The van der Waals surface area contributed by atoms with E-state index < -0.39 is 5.60 Å². The Morgan fingerprint density at radius 3 is 2.87 bits per heavy atom. The summed E-state index contributed by atoms with van der Waals surface area (Å²) in [4.78, 5) is 10.7. The monoisotopic (exact) mass is 212 g/mol. The van der Waals surface area contributed by atoms with Crippen molar-refractivity contribution < 1.29 is 14.6 Å². The van der Waals surface area contributed by atoms with Crippen LogP contribution in [-0.4, -0.2) is 23.3 Å². The van der Waals surface area contributed by atoms with Crippen molar-refractivity contribution in [2.45, 2.75) is 45.6 Å². The molecule has 0 amide bonds. The lowest BCUT2D eigenvalue weighted by Crippen LogP contribution is -2.40. The van der Waals surface area contributed by atoms with Crippen LogP contribution in [-0.2, 0) is 9.53 Å². The summed E-state index contributed by atoms with van der Waals surface area (Å²) in [6.45, 7) is 5.31.